The van der Waals surface area contributed by atoms with Crippen LogP contribution >= 0.6 is 0 Å². The number of aliphatic hydroxyl groups is 1. The molecule has 7 nitrogen and oxygen atoms in total. The number of aromatic carboxylic acids is 1. The molecule has 0 aliphatic carbocycles. The first-order chi connectivity index (χ1) is 9.11. The van der Waals surface area contributed by atoms with Gasteiger partial charge in [0.1, 0.15) is 0 Å². The third-order valence-electron chi connectivity index (χ3n) is 2.44. The van der Waals surface area contributed by atoms with E-state index in [9.17, 15) is 9.59 Å². The van der Waals surface area contributed by atoms with E-state index in [1.807, 2.05) is 0 Å². The number of benzene rings is 1. The van der Waals surface area contributed by atoms with Crippen LogP contribution in [0.5, 0.6) is 0 Å². The van der Waals surface area contributed by atoms with Crippen LogP contribution < -0.4 is 5.32 Å². The maximum absolute atomic E-state index is 11.9. The molecule has 0 saturated heterocycles. The van der Waals surface area contributed by atoms with Crippen molar-refractivity contribution in [3.05, 3.63) is 47.5 Å². The van der Waals surface area contributed by atoms with Crippen molar-refractivity contribution in [3.63, 3.8) is 0 Å². The SMILES string of the molecule is O=C(Nc1cccc(CO)c1)c1nc[nH]c1C(=O)O. The van der Waals surface area contributed by atoms with Gasteiger partial charge in [-0.2, -0.15) is 0 Å². The minimum absolute atomic E-state index is 0.146. The molecule has 1 heterocycles. The summed E-state index contributed by atoms with van der Waals surface area (Å²) >= 11 is 0. The molecule has 2 aromatic rings. The first-order valence-corrected chi connectivity index (χ1v) is 5.39. The summed E-state index contributed by atoms with van der Waals surface area (Å²) in [4.78, 5) is 28.8. The van der Waals surface area contributed by atoms with Gasteiger partial charge in [-0.25, -0.2) is 9.78 Å². The van der Waals surface area contributed by atoms with E-state index in [0.29, 0.717) is 11.3 Å². The lowest BCUT2D eigenvalue weighted by atomic mass is 10.2. The maximum Gasteiger partial charge on any atom is 0.354 e. The predicted molar refractivity (Wildman–Crippen MR) is 65.9 cm³/mol. The van der Waals surface area contributed by atoms with Gasteiger partial charge in [0.2, 0.25) is 0 Å². The van der Waals surface area contributed by atoms with E-state index in [4.69, 9.17) is 10.2 Å². The summed E-state index contributed by atoms with van der Waals surface area (Å²) in [6.45, 7) is -0.146. The molecule has 0 atom stereocenters. The Bertz CT molecular complexity index is 621. The second-order valence-corrected chi connectivity index (χ2v) is 3.74. The number of carbonyl (C=O) groups excluding carboxylic acids is 1. The quantitative estimate of drug-likeness (QED) is 0.651. The normalized spacial score (nSPS) is 10.2. The third kappa shape index (κ3) is 2.78. The van der Waals surface area contributed by atoms with Gasteiger partial charge in [0.15, 0.2) is 11.4 Å². The van der Waals surface area contributed by atoms with Gasteiger partial charge >= 0.3 is 5.97 Å². The molecule has 1 aromatic heterocycles. The molecule has 19 heavy (non-hydrogen) atoms. The number of aromatic nitrogens is 2. The number of nitrogens with zero attached hydrogens (tertiary/aromatic N) is 1. The Labute approximate surface area is 107 Å². The molecule has 0 bridgehead atoms. The molecule has 0 aliphatic heterocycles. The highest BCUT2D eigenvalue weighted by molar-refractivity contribution is 6.08. The largest absolute Gasteiger partial charge is 0.477 e. The fourth-order valence-corrected chi connectivity index (χ4v) is 1.57. The zero-order valence-electron chi connectivity index (χ0n) is 9.75. The summed E-state index contributed by atoms with van der Waals surface area (Å²) in [5, 5.41) is 20.4. The van der Waals surface area contributed by atoms with E-state index in [1.165, 1.54) is 0 Å². The Morgan fingerprint density at radius 2 is 2.16 bits per heavy atom. The molecule has 0 saturated carbocycles. The number of nitrogens with one attached hydrogen (secondary N) is 2. The van der Waals surface area contributed by atoms with Crippen molar-refractivity contribution >= 4 is 17.6 Å². The number of carbonyl (C=O) groups is 2. The topological polar surface area (TPSA) is 115 Å². The van der Waals surface area contributed by atoms with E-state index < -0.39 is 11.9 Å². The second kappa shape index (κ2) is 5.32. The molecule has 0 spiro atoms. The van der Waals surface area contributed by atoms with E-state index in [1.54, 1.807) is 24.3 Å². The standard InChI is InChI=1S/C12H11N3O4/c16-5-7-2-1-3-8(4-7)15-11(17)9-10(12(18)19)14-6-13-9/h1-4,6,16H,5H2,(H,13,14)(H,15,17)(H,18,19). The number of amides is 1. The van der Waals surface area contributed by atoms with Crippen LogP contribution in [-0.2, 0) is 6.61 Å². The van der Waals surface area contributed by atoms with Gasteiger partial charge in [-0.15, -0.1) is 0 Å². The molecular weight excluding hydrogens is 250 g/mol. The van der Waals surface area contributed by atoms with Crippen molar-refractivity contribution in [1.82, 2.24) is 9.97 Å². The molecule has 4 N–H and O–H groups in total. The molecule has 0 unspecified atom stereocenters. The number of aromatic amines is 1. The number of rotatable bonds is 4. The van der Waals surface area contributed by atoms with Gasteiger partial charge in [-0.3, -0.25) is 4.79 Å². The van der Waals surface area contributed by atoms with Crippen LogP contribution in [0.1, 0.15) is 26.5 Å². The average Bonchev–Trinajstić information content (AvgIpc) is 2.88. The Morgan fingerprint density at radius 1 is 1.37 bits per heavy atom. The fraction of sp³-hybridized carbons (Fsp3) is 0.0833. The van der Waals surface area contributed by atoms with E-state index in [-0.39, 0.29) is 18.0 Å². The highest BCUT2D eigenvalue weighted by atomic mass is 16.4. The van der Waals surface area contributed by atoms with E-state index in [2.05, 4.69) is 15.3 Å². The van der Waals surface area contributed by atoms with Crippen molar-refractivity contribution in [3.8, 4) is 0 Å². The highest BCUT2D eigenvalue weighted by Crippen LogP contribution is 2.13. The fourth-order valence-electron chi connectivity index (χ4n) is 1.57. The van der Waals surface area contributed by atoms with Gasteiger partial charge in [-0.1, -0.05) is 12.1 Å². The highest BCUT2D eigenvalue weighted by Gasteiger charge is 2.19. The summed E-state index contributed by atoms with van der Waals surface area (Å²) in [5.41, 5.74) is 0.631. The maximum atomic E-state index is 11.9. The molecular formula is C12H11N3O4. The Balaban J connectivity index is 2.20. The molecule has 1 amide bonds. The summed E-state index contributed by atoms with van der Waals surface area (Å²) in [7, 11) is 0. The molecule has 2 rings (SSSR count). The summed E-state index contributed by atoms with van der Waals surface area (Å²) in [6.07, 6.45) is 1.14. The van der Waals surface area contributed by atoms with Crippen molar-refractivity contribution in [2.45, 2.75) is 6.61 Å². The molecule has 0 radical (unpaired) electrons. The number of hydrogen-bond acceptors (Lipinski definition) is 4. The van der Waals surface area contributed by atoms with Crippen molar-refractivity contribution in [2.24, 2.45) is 0 Å². The number of hydrogen-bond donors (Lipinski definition) is 4. The van der Waals surface area contributed by atoms with Crippen LogP contribution in [0.3, 0.4) is 0 Å². The van der Waals surface area contributed by atoms with Crippen LogP contribution in [0.2, 0.25) is 0 Å². The van der Waals surface area contributed by atoms with Crippen LogP contribution in [-0.4, -0.2) is 32.1 Å². The number of carboxylic acids is 1. The zero-order chi connectivity index (χ0) is 13.8. The lowest BCUT2D eigenvalue weighted by molar-refractivity contribution is 0.0686. The van der Waals surface area contributed by atoms with E-state index in [0.717, 1.165) is 6.33 Å². The average molecular weight is 261 g/mol. The molecule has 1 aromatic carbocycles. The van der Waals surface area contributed by atoms with Crippen LogP contribution in [0.25, 0.3) is 0 Å². The first-order valence-electron chi connectivity index (χ1n) is 5.39. The monoisotopic (exact) mass is 261 g/mol. The van der Waals surface area contributed by atoms with Gasteiger partial charge < -0.3 is 20.5 Å². The van der Waals surface area contributed by atoms with Gasteiger partial charge in [-0.05, 0) is 17.7 Å². The predicted octanol–water partition coefficient (Wildman–Crippen LogP) is 0.853. The van der Waals surface area contributed by atoms with Crippen molar-refractivity contribution in [2.75, 3.05) is 5.32 Å². The minimum atomic E-state index is -1.26. The van der Waals surface area contributed by atoms with E-state index >= 15 is 0 Å². The van der Waals surface area contributed by atoms with Gasteiger partial charge in [0.05, 0.1) is 12.9 Å². The smallest absolute Gasteiger partial charge is 0.354 e. The molecule has 98 valence electrons. The van der Waals surface area contributed by atoms with Crippen LogP contribution in [0, 0.1) is 0 Å². The Hall–Kier alpha value is -2.67. The molecule has 0 fully saturated rings. The third-order valence-corrected chi connectivity index (χ3v) is 2.44. The molecule has 7 heteroatoms. The Kier molecular flexibility index (Phi) is 3.58. The minimum Gasteiger partial charge on any atom is -0.477 e. The summed E-state index contributed by atoms with van der Waals surface area (Å²) < 4.78 is 0. The molecule has 0 aliphatic rings. The van der Waals surface area contributed by atoms with Crippen LogP contribution in [0.4, 0.5) is 5.69 Å². The van der Waals surface area contributed by atoms with Crippen LogP contribution in [0.15, 0.2) is 30.6 Å². The van der Waals surface area contributed by atoms with Gasteiger partial charge in [0.25, 0.3) is 5.91 Å². The number of aliphatic hydroxyl groups excluding tert-OH is 1. The summed E-state index contributed by atoms with van der Waals surface area (Å²) in [6, 6.07) is 6.59. The lowest BCUT2D eigenvalue weighted by Crippen LogP contribution is -2.16. The lowest BCUT2D eigenvalue weighted by Gasteiger charge is -2.05. The van der Waals surface area contributed by atoms with Crippen molar-refractivity contribution in [1.29, 1.82) is 0 Å². The zero-order valence-corrected chi connectivity index (χ0v) is 9.75. The first kappa shape index (κ1) is 12.8. The number of anilines is 1. The second-order valence-electron chi connectivity index (χ2n) is 3.74. The van der Waals surface area contributed by atoms with Gasteiger partial charge in [0, 0.05) is 5.69 Å². The number of H-pyrrole nitrogens is 1. The Morgan fingerprint density at radius 3 is 2.84 bits per heavy atom. The van der Waals surface area contributed by atoms with Crippen molar-refractivity contribution < 1.29 is 19.8 Å². The number of carboxylic acid groups (broad SMARTS) is 1. The number of imidazole rings is 1. The summed E-state index contributed by atoms with van der Waals surface area (Å²) in [5.74, 6) is -1.89.